The van der Waals surface area contributed by atoms with Gasteiger partial charge in [-0.15, -0.1) is 0 Å². The monoisotopic (exact) mass is 472 g/mol. The number of aliphatic carboxylic acids is 1. The number of carboxylic acid groups (broad SMARTS) is 1. The molecule has 0 aromatic rings. The Bertz CT molecular complexity index is 896. The lowest BCUT2D eigenvalue weighted by Crippen LogP contribution is -2.66. The highest BCUT2D eigenvalue weighted by molar-refractivity contribution is 5.76. The molecular formula is C30H48O4. The molecule has 5 rings (SSSR count). The molecule has 5 aliphatic rings. The Morgan fingerprint density at radius 2 is 1.68 bits per heavy atom. The average Bonchev–Trinajstić information content (AvgIpc) is 2.79. The van der Waals surface area contributed by atoms with Crippen LogP contribution in [-0.4, -0.2) is 34.0 Å². The number of hydrogen-bond acceptors (Lipinski definition) is 3. The van der Waals surface area contributed by atoms with Crippen LogP contribution in [0.2, 0.25) is 0 Å². The average molecular weight is 473 g/mol. The Kier molecular flexibility index (Phi) is 5.52. The fraction of sp³-hybridized carbons (Fsp3) is 0.900. The lowest BCUT2D eigenvalue weighted by Gasteiger charge is -2.71. The molecule has 4 nitrogen and oxygen atoms in total. The summed E-state index contributed by atoms with van der Waals surface area (Å²) >= 11 is 0. The maximum Gasteiger partial charge on any atom is 0.310 e. The van der Waals surface area contributed by atoms with Crippen LogP contribution < -0.4 is 0 Å². The highest BCUT2D eigenvalue weighted by Crippen LogP contribution is 2.75. The van der Waals surface area contributed by atoms with Crippen molar-refractivity contribution < 1.29 is 20.1 Å². The number of aliphatic hydroxyl groups excluding tert-OH is 2. The lowest BCUT2D eigenvalue weighted by molar-refractivity contribution is -0.217. The summed E-state index contributed by atoms with van der Waals surface area (Å²) in [6.45, 7) is 14.3. The first-order valence-corrected chi connectivity index (χ1v) is 14.0. The van der Waals surface area contributed by atoms with Crippen LogP contribution in [0, 0.1) is 56.7 Å². The van der Waals surface area contributed by atoms with Gasteiger partial charge in [0, 0.05) is 5.41 Å². The molecule has 0 amide bonds. The van der Waals surface area contributed by atoms with E-state index in [-0.39, 0.29) is 28.8 Å². The van der Waals surface area contributed by atoms with Gasteiger partial charge in [0.05, 0.1) is 18.1 Å². The van der Waals surface area contributed by atoms with Crippen LogP contribution in [0.3, 0.4) is 0 Å². The Balaban J connectivity index is 1.61. The molecule has 0 aromatic heterocycles. The summed E-state index contributed by atoms with van der Waals surface area (Å²) in [5.41, 5.74) is 0.670. The van der Waals surface area contributed by atoms with E-state index < -0.39 is 22.9 Å². The molecule has 0 heterocycles. The van der Waals surface area contributed by atoms with Crippen LogP contribution in [0.25, 0.3) is 0 Å². The molecule has 5 aliphatic carbocycles. The predicted octanol–water partition coefficient (Wildman–Crippen LogP) is 6.06. The Hall–Kier alpha value is -0.870. The summed E-state index contributed by atoms with van der Waals surface area (Å²) in [6, 6.07) is 0. The number of carboxylic acids is 1. The van der Waals surface area contributed by atoms with E-state index in [9.17, 15) is 20.1 Å². The van der Waals surface area contributed by atoms with E-state index in [0.717, 1.165) is 57.8 Å². The van der Waals surface area contributed by atoms with Crippen molar-refractivity contribution in [2.45, 2.75) is 105 Å². The SMILES string of the molecule is C[C@@H]1CC[C@]2(C(=O)O)CC[C@]3(C)C(=CCC4[C@@]5(C)CC[C@H](O)[C@](C)(CO)C5CC[C@]43C)C2[C@H]1C. The molecule has 34 heavy (non-hydrogen) atoms. The lowest BCUT2D eigenvalue weighted by atomic mass is 9.33. The second-order valence-corrected chi connectivity index (χ2v) is 14.3. The fourth-order valence-corrected chi connectivity index (χ4v) is 10.9. The van der Waals surface area contributed by atoms with Crippen LogP contribution in [0.5, 0.6) is 0 Å². The third-order valence-corrected chi connectivity index (χ3v) is 13.5. The van der Waals surface area contributed by atoms with E-state index >= 15 is 0 Å². The van der Waals surface area contributed by atoms with Crippen molar-refractivity contribution in [3.63, 3.8) is 0 Å². The van der Waals surface area contributed by atoms with Gasteiger partial charge in [-0.25, -0.2) is 0 Å². The third-order valence-electron chi connectivity index (χ3n) is 13.5. The first-order valence-electron chi connectivity index (χ1n) is 14.0. The fourth-order valence-electron chi connectivity index (χ4n) is 10.9. The van der Waals surface area contributed by atoms with Crippen molar-refractivity contribution >= 4 is 5.97 Å². The number of aliphatic hydroxyl groups is 2. The second kappa shape index (κ2) is 7.57. The van der Waals surface area contributed by atoms with Crippen molar-refractivity contribution in [3.05, 3.63) is 11.6 Å². The van der Waals surface area contributed by atoms with Gasteiger partial charge in [0.2, 0.25) is 0 Å². The minimum Gasteiger partial charge on any atom is -0.481 e. The summed E-state index contributed by atoms with van der Waals surface area (Å²) in [5, 5.41) is 31.9. The van der Waals surface area contributed by atoms with E-state index in [2.05, 4.69) is 47.6 Å². The van der Waals surface area contributed by atoms with Gasteiger partial charge in [0.1, 0.15) is 0 Å². The van der Waals surface area contributed by atoms with Crippen molar-refractivity contribution in [1.29, 1.82) is 0 Å². The molecule has 4 saturated carbocycles. The van der Waals surface area contributed by atoms with E-state index in [1.807, 2.05) is 0 Å². The van der Waals surface area contributed by atoms with Crippen LogP contribution in [0.4, 0.5) is 0 Å². The highest BCUT2D eigenvalue weighted by atomic mass is 16.4. The molecule has 0 aromatic carbocycles. The summed E-state index contributed by atoms with van der Waals surface area (Å²) in [6.07, 6.45) is 10.6. The van der Waals surface area contributed by atoms with Crippen LogP contribution in [0.1, 0.15) is 99.3 Å². The van der Waals surface area contributed by atoms with Gasteiger partial charge in [-0.2, -0.15) is 0 Å². The maximum absolute atomic E-state index is 12.8. The highest BCUT2D eigenvalue weighted by Gasteiger charge is 2.69. The zero-order chi connectivity index (χ0) is 24.9. The summed E-state index contributed by atoms with van der Waals surface area (Å²) < 4.78 is 0. The van der Waals surface area contributed by atoms with E-state index in [1.54, 1.807) is 0 Å². The number of hydrogen-bond donors (Lipinski definition) is 3. The number of allylic oxidation sites excluding steroid dienone is 2. The smallest absolute Gasteiger partial charge is 0.310 e. The van der Waals surface area contributed by atoms with Crippen LogP contribution >= 0.6 is 0 Å². The van der Waals surface area contributed by atoms with E-state index in [1.165, 1.54) is 5.57 Å². The molecular weight excluding hydrogens is 424 g/mol. The molecule has 0 bridgehead atoms. The van der Waals surface area contributed by atoms with Gasteiger partial charge < -0.3 is 15.3 Å². The molecule has 11 atom stereocenters. The summed E-state index contributed by atoms with van der Waals surface area (Å²) in [5.74, 6) is 1.35. The number of rotatable bonds is 2. The molecule has 4 heteroatoms. The van der Waals surface area contributed by atoms with Gasteiger partial charge in [-0.05, 0) is 104 Å². The van der Waals surface area contributed by atoms with Crippen molar-refractivity contribution in [2.24, 2.45) is 56.7 Å². The van der Waals surface area contributed by atoms with Gasteiger partial charge >= 0.3 is 5.97 Å². The van der Waals surface area contributed by atoms with Gasteiger partial charge in [0.25, 0.3) is 0 Å². The van der Waals surface area contributed by atoms with Crippen molar-refractivity contribution in [3.8, 4) is 0 Å². The summed E-state index contributed by atoms with van der Waals surface area (Å²) in [7, 11) is 0. The van der Waals surface area contributed by atoms with E-state index in [0.29, 0.717) is 23.7 Å². The van der Waals surface area contributed by atoms with Gasteiger partial charge in [-0.3, -0.25) is 4.79 Å². The standard InChI is InChI=1S/C30H48O4/c1-18-9-14-30(25(33)34)16-15-28(5)20(24(30)19(18)2)7-8-22-26(3)12-11-23(32)27(4,17-31)21(26)10-13-29(22,28)6/h7,18-19,21-24,31-32H,8-17H2,1-6H3,(H,33,34)/t18-,19+,21?,22?,23+,24?,26+,27-,28-,29-,30+/m1/s1. The maximum atomic E-state index is 12.8. The first-order chi connectivity index (χ1) is 15.8. The minimum atomic E-state index is -0.591. The molecule has 4 fully saturated rings. The van der Waals surface area contributed by atoms with Gasteiger partial charge in [0.15, 0.2) is 0 Å². The molecule has 0 saturated heterocycles. The Labute approximate surface area is 206 Å². The number of carbonyl (C=O) groups is 1. The van der Waals surface area contributed by atoms with Crippen LogP contribution in [-0.2, 0) is 4.79 Å². The largest absolute Gasteiger partial charge is 0.481 e. The normalized spacial score (nSPS) is 56.9. The third kappa shape index (κ3) is 2.76. The quantitative estimate of drug-likeness (QED) is 0.427. The van der Waals surface area contributed by atoms with Crippen molar-refractivity contribution in [1.82, 2.24) is 0 Å². The van der Waals surface area contributed by atoms with Gasteiger partial charge in [-0.1, -0.05) is 53.2 Å². The zero-order valence-corrected chi connectivity index (χ0v) is 22.4. The van der Waals surface area contributed by atoms with Crippen LogP contribution in [0.15, 0.2) is 11.6 Å². The molecule has 3 N–H and O–H groups in total. The topological polar surface area (TPSA) is 77.8 Å². The van der Waals surface area contributed by atoms with Crippen molar-refractivity contribution in [2.75, 3.05) is 6.61 Å². The zero-order valence-electron chi connectivity index (χ0n) is 22.4. The molecule has 3 unspecified atom stereocenters. The minimum absolute atomic E-state index is 0.0184. The summed E-state index contributed by atoms with van der Waals surface area (Å²) in [4.78, 5) is 12.8. The molecule has 0 aliphatic heterocycles. The molecule has 0 spiro atoms. The van der Waals surface area contributed by atoms with E-state index in [4.69, 9.17) is 0 Å². The number of fused-ring (bicyclic) bond motifs is 7. The predicted molar refractivity (Wildman–Crippen MR) is 134 cm³/mol. The Morgan fingerprint density at radius 3 is 2.32 bits per heavy atom. The molecule has 0 radical (unpaired) electrons. The second-order valence-electron chi connectivity index (χ2n) is 14.3. The molecule has 192 valence electrons. The first kappa shape index (κ1) is 24.8. The Morgan fingerprint density at radius 1 is 0.971 bits per heavy atom.